The first-order valence-electron chi connectivity index (χ1n) is 10.0. The van der Waals surface area contributed by atoms with Gasteiger partial charge in [0.1, 0.15) is 16.3 Å². The van der Waals surface area contributed by atoms with Crippen LogP contribution in [0.4, 0.5) is 0 Å². The molecule has 0 saturated carbocycles. The van der Waals surface area contributed by atoms with Crippen molar-refractivity contribution < 1.29 is 19.1 Å². The zero-order valence-electron chi connectivity index (χ0n) is 17.0. The van der Waals surface area contributed by atoms with E-state index in [1.54, 1.807) is 29.7 Å². The van der Waals surface area contributed by atoms with Crippen LogP contribution in [0, 0.1) is 5.92 Å². The van der Waals surface area contributed by atoms with Crippen LogP contribution in [0.2, 0.25) is 0 Å². The highest BCUT2D eigenvalue weighted by atomic mass is 35.5. The summed E-state index contributed by atoms with van der Waals surface area (Å²) in [7, 11) is 0. The topological polar surface area (TPSA) is 72.6 Å². The van der Waals surface area contributed by atoms with E-state index in [4.69, 9.17) is 19.2 Å². The summed E-state index contributed by atoms with van der Waals surface area (Å²) in [6.07, 6.45) is 5.10. The van der Waals surface area contributed by atoms with Gasteiger partial charge in [-0.25, -0.2) is 9.78 Å². The standard InChI is InChI=1S/C24H21NO4S.ClH/c1-14-4-9-17-21(11-14)30-24-23(17)18(20-3-2-10-28-20)12-19(25-24)15-5-7-16(8-6-15)29-13-22(26)27;/h2-3,5-8,10,12,14H,4,9,11,13H2,1H3,(H,26,27);1H. The first-order chi connectivity index (χ1) is 14.6. The molecule has 0 radical (unpaired) electrons. The summed E-state index contributed by atoms with van der Waals surface area (Å²) in [5, 5.41) is 10.00. The molecule has 160 valence electrons. The van der Waals surface area contributed by atoms with E-state index < -0.39 is 5.97 Å². The van der Waals surface area contributed by atoms with E-state index >= 15 is 0 Å². The van der Waals surface area contributed by atoms with Crippen LogP contribution >= 0.6 is 23.7 Å². The smallest absolute Gasteiger partial charge is 0.341 e. The number of aliphatic carboxylic acids is 1. The second-order valence-electron chi connectivity index (χ2n) is 7.77. The molecule has 1 aliphatic rings. The number of benzene rings is 1. The zero-order chi connectivity index (χ0) is 20.7. The van der Waals surface area contributed by atoms with Crippen molar-refractivity contribution in [2.75, 3.05) is 6.61 Å². The molecule has 1 atom stereocenters. The molecule has 0 aliphatic heterocycles. The number of ether oxygens (including phenoxy) is 1. The van der Waals surface area contributed by atoms with Crippen molar-refractivity contribution in [3.8, 4) is 28.3 Å². The van der Waals surface area contributed by atoms with Gasteiger partial charge in [0, 0.05) is 21.4 Å². The third-order valence-corrected chi connectivity index (χ3v) is 6.71. The highest BCUT2D eigenvalue weighted by molar-refractivity contribution is 7.19. The molecule has 3 heterocycles. The Kier molecular flexibility index (Phi) is 6.03. The Morgan fingerprint density at radius 3 is 2.81 bits per heavy atom. The maximum Gasteiger partial charge on any atom is 0.341 e. The summed E-state index contributed by atoms with van der Waals surface area (Å²) in [6, 6.07) is 13.4. The van der Waals surface area contributed by atoms with Crippen molar-refractivity contribution in [1.82, 2.24) is 4.98 Å². The van der Waals surface area contributed by atoms with Crippen LogP contribution in [0.3, 0.4) is 0 Å². The molecule has 5 nitrogen and oxygen atoms in total. The fourth-order valence-electron chi connectivity index (χ4n) is 4.08. The number of furan rings is 1. The number of aromatic nitrogens is 1. The van der Waals surface area contributed by atoms with Crippen LogP contribution < -0.4 is 4.74 Å². The number of thiophene rings is 1. The Balaban J connectivity index is 0.00000231. The quantitative estimate of drug-likeness (QED) is 0.386. The molecule has 0 bridgehead atoms. The minimum absolute atomic E-state index is 0. The highest BCUT2D eigenvalue weighted by Crippen LogP contribution is 2.43. The fourth-order valence-corrected chi connectivity index (χ4v) is 5.49. The molecule has 4 aromatic rings. The molecule has 0 spiro atoms. The Morgan fingerprint density at radius 1 is 1.29 bits per heavy atom. The van der Waals surface area contributed by atoms with Gasteiger partial charge in [-0.1, -0.05) is 6.92 Å². The first kappa shape index (κ1) is 21.4. The number of fused-ring (bicyclic) bond motifs is 3. The second kappa shape index (κ2) is 8.73. The van der Waals surface area contributed by atoms with Gasteiger partial charge in [-0.05, 0) is 73.2 Å². The van der Waals surface area contributed by atoms with Crippen LogP contribution in [-0.2, 0) is 17.6 Å². The summed E-state index contributed by atoms with van der Waals surface area (Å²) in [5.41, 5.74) is 4.33. The lowest BCUT2D eigenvalue weighted by molar-refractivity contribution is -0.139. The predicted octanol–water partition coefficient (Wildman–Crippen LogP) is 6.23. The molecule has 0 saturated heterocycles. The van der Waals surface area contributed by atoms with Gasteiger partial charge in [0.05, 0.1) is 12.0 Å². The van der Waals surface area contributed by atoms with Gasteiger partial charge < -0.3 is 14.3 Å². The number of carboxylic acids is 1. The number of nitrogens with zero attached hydrogens (tertiary/aromatic N) is 1. The lowest BCUT2D eigenvalue weighted by atomic mass is 9.88. The molecular formula is C24H22ClNO4S. The second-order valence-corrected chi connectivity index (χ2v) is 8.85. The van der Waals surface area contributed by atoms with E-state index in [1.165, 1.54) is 22.2 Å². The van der Waals surface area contributed by atoms with Gasteiger partial charge in [-0.15, -0.1) is 23.7 Å². The summed E-state index contributed by atoms with van der Waals surface area (Å²) in [5.74, 6) is 1.08. The Morgan fingerprint density at radius 2 is 2.10 bits per heavy atom. The van der Waals surface area contributed by atoms with Crippen molar-refractivity contribution in [3.05, 3.63) is 59.2 Å². The van der Waals surface area contributed by atoms with Crippen LogP contribution in [0.25, 0.3) is 32.8 Å². The molecule has 5 rings (SSSR count). The highest BCUT2D eigenvalue weighted by Gasteiger charge is 2.24. The van der Waals surface area contributed by atoms with E-state index in [2.05, 4.69) is 13.0 Å². The largest absolute Gasteiger partial charge is 0.482 e. The van der Waals surface area contributed by atoms with Crippen LogP contribution in [0.15, 0.2) is 53.1 Å². The van der Waals surface area contributed by atoms with Crippen molar-refractivity contribution in [2.45, 2.75) is 26.2 Å². The van der Waals surface area contributed by atoms with Crippen LogP contribution in [0.5, 0.6) is 5.75 Å². The van der Waals surface area contributed by atoms with Gasteiger partial charge in [0.15, 0.2) is 6.61 Å². The number of hydrogen-bond donors (Lipinski definition) is 1. The molecule has 31 heavy (non-hydrogen) atoms. The summed E-state index contributed by atoms with van der Waals surface area (Å²) >= 11 is 1.80. The van der Waals surface area contributed by atoms with Crippen LogP contribution in [0.1, 0.15) is 23.8 Å². The molecule has 1 N–H and O–H groups in total. The number of carbonyl (C=O) groups is 1. The third kappa shape index (κ3) is 4.18. The first-order valence-corrected chi connectivity index (χ1v) is 10.8. The number of aryl methyl sites for hydroxylation is 1. The molecule has 1 unspecified atom stereocenters. The Hall–Kier alpha value is -2.83. The lowest BCUT2D eigenvalue weighted by Crippen LogP contribution is -2.09. The summed E-state index contributed by atoms with van der Waals surface area (Å²) < 4.78 is 11.0. The van der Waals surface area contributed by atoms with Gasteiger partial charge in [0.2, 0.25) is 0 Å². The average Bonchev–Trinajstić information content (AvgIpc) is 3.39. The third-order valence-electron chi connectivity index (χ3n) is 5.56. The maximum absolute atomic E-state index is 10.7. The molecular weight excluding hydrogens is 434 g/mol. The number of hydrogen-bond acceptors (Lipinski definition) is 5. The van der Waals surface area contributed by atoms with Gasteiger partial charge in [-0.2, -0.15) is 0 Å². The number of rotatable bonds is 5. The number of pyridine rings is 1. The summed E-state index contributed by atoms with van der Waals surface area (Å²) in [4.78, 5) is 18.2. The van der Waals surface area contributed by atoms with Crippen molar-refractivity contribution >= 4 is 39.9 Å². The number of carboxylic acid groups (broad SMARTS) is 1. The van der Waals surface area contributed by atoms with Crippen molar-refractivity contribution in [1.29, 1.82) is 0 Å². The molecule has 3 aromatic heterocycles. The van der Waals surface area contributed by atoms with E-state index in [0.717, 1.165) is 40.3 Å². The van der Waals surface area contributed by atoms with Gasteiger partial charge in [0.25, 0.3) is 0 Å². The van der Waals surface area contributed by atoms with Gasteiger partial charge in [-0.3, -0.25) is 0 Å². The lowest BCUT2D eigenvalue weighted by Gasteiger charge is -2.18. The van der Waals surface area contributed by atoms with Crippen LogP contribution in [-0.4, -0.2) is 22.7 Å². The molecule has 1 aromatic carbocycles. The molecule has 0 amide bonds. The van der Waals surface area contributed by atoms with Crippen molar-refractivity contribution in [2.24, 2.45) is 5.92 Å². The van der Waals surface area contributed by atoms with Gasteiger partial charge >= 0.3 is 5.97 Å². The molecule has 0 fully saturated rings. The zero-order valence-corrected chi connectivity index (χ0v) is 18.6. The van der Waals surface area contributed by atoms with E-state index in [9.17, 15) is 4.79 Å². The minimum Gasteiger partial charge on any atom is -0.482 e. The summed E-state index contributed by atoms with van der Waals surface area (Å²) in [6.45, 7) is 1.96. The maximum atomic E-state index is 10.7. The van der Waals surface area contributed by atoms with E-state index in [0.29, 0.717) is 11.7 Å². The van der Waals surface area contributed by atoms with E-state index in [-0.39, 0.29) is 19.0 Å². The minimum atomic E-state index is -0.995. The average molecular weight is 456 g/mol. The SMILES string of the molecule is CC1CCc2c(sc3nc(-c4ccc(OCC(=O)O)cc4)cc(-c4ccco4)c23)C1.Cl. The number of halogens is 1. The monoisotopic (exact) mass is 455 g/mol. The Labute approximate surface area is 190 Å². The normalized spacial score (nSPS) is 15.3. The van der Waals surface area contributed by atoms with E-state index in [1.807, 2.05) is 24.3 Å². The Bertz CT molecular complexity index is 1210. The molecule has 7 heteroatoms. The van der Waals surface area contributed by atoms with Crippen molar-refractivity contribution in [3.63, 3.8) is 0 Å². The predicted molar refractivity (Wildman–Crippen MR) is 124 cm³/mol. The molecule has 1 aliphatic carbocycles. The fraction of sp³-hybridized carbons (Fsp3) is 0.250.